The molecule has 3 rings (SSSR count). The van der Waals surface area contributed by atoms with Gasteiger partial charge < -0.3 is 15.2 Å². The summed E-state index contributed by atoms with van der Waals surface area (Å²) in [6.07, 6.45) is 0.948. The molecule has 0 saturated heterocycles. The van der Waals surface area contributed by atoms with Crippen molar-refractivity contribution in [2.24, 2.45) is 11.7 Å². The van der Waals surface area contributed by atoms with Crippen LogP contribution in [0.1, 0.15) is 25.2 Å². The Morgan fingerprint density at radius 2 is 2.00 bits per heavy atom. The highest BCUT2D eigenvalue weighted by molar-refractivity contribution is 5.61. The number of nitrogens with two attached hydrogens (primary N) is 1. The van der Waals surface area contributed by atoms with Gasteiger partial charge in [-0.3, -0.25) is 0 Å². The summed E-state index contributed by atoms with van der Waals surface area (Å²) in [5.74, 6) is 3.41. The average molecular weight is 288 g/mol. The van der Waals surface area contributed by atoms with E-state index in [1.807, 2.05) is 22.9 Å². The fourth-order valence-corrected chi connectivity index (χ4v) is 2.77. The fraction of sp³-hybridized carbons (Fsp3) is 0.467. The van der Waals surface area contributed by atoms with Crippen LogP contribution in [-0.4, -0.2) is 29.0 Å². The van der Waals surface area contributed by atoms with Gasteiger partial charge in [-0.1, -0.05) is 6.92 Å². The van der Waals surface area contributed by atoms with E-state index in [2.05, 4.69) is 17.0 Å². The topological polar surface area (TPSA) is 75.2 Å². The van der Waals surface area contributed by atoms with Gasteiger partial charge in [0.15, 0.2) is 17.3 Å². The Morgan fingerprint density at radius 1 is 1.24 bits per heavy atom. The van der Waals surface area contributed by atoms with Crippen LogP contribution in [0.15, 0.2) is 18.2 Å². The lowest BCUT2D eigenvalue weighted by molar-refractivity contribution is 0.325. The van der Waals surface area contributed by atoms with E-state index in [-0.39, 0.29) is 6.04 Å². The van der Waals surface area contributed by atoms with E-state index in [1.54, 1.807) is 14.2 Å². The molecular weight excluding hydrogens is 268 g/mol. The van der Waals surface area contributed by atoms with Crippen molar-refractivity contribution in [3.05, 3.63) is 24.0 Å². The minimum absolute atomic E-state index is 0.0462. The second-order valence-electron chi connectivity index (χ2n) is 5.49. The second kappa shape index (κ2) is 5.37. The normalized spacial score (nSPS) is 21.0. The standard InChI is InChI=1S/C15H20N4O2/c1-9-6-11(16)15-17-14(18-19(15)8-9)10-4-5-12(20-2)13(7-10)21-3/h4-5,7,9,11H,6,8,16H2,1-3H3. The number of hydrogen-bond acceptors (Lipinski definition) is 5. The van der Waals surface area contributed by atoms with Gasteiger partial charge in [0.1, 0.15) is 5.82 Å². The number of fused-ring (bicyclic) bond motifs is 1. The van der Waals surface area contributed by atoms with Crippen LogP contribution in [0.5, 0.6) is 11.5 Å². The molecule has 1 aliphatic heterocycles. The van der Waals surface area contributed by atoms with Crippen LogP contribution in [0, 0.1) is 5.92 Å². The molecule has 2 N–H and O–H groups in total. The third-order valence-corrected chi connectivity index (χ3v) is 3.81. The van der Waals surface area contributed by atoms with E-state index < -0.39 is 0 Å². The molecule has 1 aliphatic rings. The second-order valence-corrected chi connectivity index (χ2v) is 5.49. The third-order valence-electron chi connectivity index (χ3n) is 3.81. The van der Waals surface area contributed by atoms with E-state index in [1.165, 1.54) is 0 Å². The lowest BCUT2D eigenvalue weighted by atomic mass is 9.98. The number of hydrogen-bond donors (Lipinski definition) is 1. The van der Waals surface area contributed by atoms with Crippen molar-refractivity contribution in [1.82, 2.24) is 14.8 Å². The van der Waals surface area contributed by atoms with E-state index in [4.69, 9.17) is 15.2 Å². The van der Waals surface area contributed by atoms with Crippen LogP contribution in [0.3, 0.4) is 0 Å². The molecule has 0 bridgehead atoms. The maximum atomic E-state index is 6.16. The first kappa shape index (κ1) is 13.9. The molecule has 0 radical (unpaired) electrons. The van der Waals surface area contributed by atoms with Crippen molar-refractivity contribution < 1.29 is 9.47 Å². The first-order valence-corrected chi connectivity index (χ1v) is 7.05. The Labute approximate surface area is 123 Å². The molecule has 1 aromatic carbocycles. The first-order valence-electron chi connectivity index (χ1n) is 7.05. The minimum atomic E-state index is -0.0462. The highest BCUT2D eigenvalue weighted by atomic mass is 16.5. The summed E-state index contributed by atoms with van der Waals surface area (Å²) in [5, 5.41) is 4.58. The van der Waals surface area contributed by atoms with E-state index in [9.17, 15) is 0 Å². The zero-order valence-corrected chi connectivity index (χ0v) is 12.5. The van der Waals surface area contributed by atoms with Crippen LogP contribution in [0.2, 0.25) is 0 Å². The van der Waals surface area contributed by atoms with Gasteiger partial charge in [-0.15, -0.1) is 0 Å². The molecule has 0 spiro atoms. The summed E-state index contributed by atoms with van der Waals surface area (Å²) in [7, 11) is 3.23. The fourth-order valence-electron chi connectivity index (χ4n) is 2.77. The molecule has 1 aromatic heterocycles. The Balaban J connectivity index is 2.00. The Hall–Kier alpha value is -2.08. The van der Waals surface area contributed by atoms with Crippen molar-refractivity contribution in [2.75, 3.05) is 14.2 Å². The third kappa shape index (κ3) is 2.47. The maximum absolute atomic E-state index is 6.16. The van der Waals surface area contributed by atoms with Crippen LogP contribution in [0.4, 0.5) is 0 Å². The summed E-state index contributed by atoms with van der Waals surface area (Å²) in [6, 6.07) is 5.62. The highest BCUT2D eigenvalue weighted by Crippen LogP contribution is 2.32. The van der Waals surface area contributed by atoms with Crippen LogP contribution >= 0.6 is 0 Å². The van der Waals surface area contributed by atoms with Gasteiger partial charge in [-0.25, -0.2) is 9.67 Å². The van der Waals surface area contributed by atoms with Crippen molar-refractivity contribution in [1.29, 1.82) is 0 Å². The van der Waals surface area contributed by atoms with Gasteiger partial charge in [0.2, 0.25) is 0 Å². The molecule has 6 nitrogen and oxygen atoms in total. The Bertz CT molecular complexity index is 653. The molecule has 0 aliphatic carbocycles. The van der Waals surface area contributed by atoms with Gasteiger partial charge >= 0.3 is 0 Å². The molecular formula is C15H20N4O2. The number of nitrogens with zero attached hydrogens (tertiary/aromatic N) is 3. The smallest absolute Gasteiger partial charge is 0.181 e. The van der Waals surface area contributed by atoms with Crippen molar-refractivity contribution >= 4 is 0 Å². The monoisotopic (exact) mass is 288 g/mol. The summed E-state index contributed by atoms with van der Waals surface area (Å²) >= 11 is 0. The molecule has 6 heteroatoms. The zero-order chi connectivity index (χ0) is 15.0. The average Bonchev–Trinajstić information content (AvgIpc) is 2.90. The lowest BCUT2D eigenvalue weighted by Crippen LogP contribution is -2.27. The molecule has 2 aromatic rings. The predicted octanol–water partition coefficient (Wildman–Crippen LogP) is 2.00. The predicted molar refractivity (Wildman–Crippen MR) is 79.3 cm³/mol. The van der Waals surface area contributed by atoms with E-state index in [0.29, 0.717) is 23.2 Å². The molecule has 0 saturated carbocycles. The zero-order valence-electron chi connectivity index (χ0n) is 12.5. The van der Waals surface area contributed by atoms with Crippen LogP contribution < -0.4 is 15.2 Å². The van der Waals surface area contributed by atoms with Gasteiger partial charge in [0.05, 0.1) is 20.3 Å². The largest absolute Gasteiger partial charge is 0.493 e. The molecule has 0 amide bonds. The molecule has 2 unspecified atom stereocenters. The SMILES string of the molecule is COc1ccc(-c2nc3n(n2)CC(C)CC3N)cc1OC. The number of ether oxygens (including phenoxy) is 2. The molecule has 2 atom stereocenters. The van der Waals surface area contributed by atoms with Crippen molar-refractivity contribution in [3.8, 4) is 22.9 Å². The molecule has 0 fully saturated rings. The van der Waals surface area contributed by atoms with E-state index in [0.717, 1.165) is 24.4 Å². The Morgan fingerprint density at radius 3 is 2.71 bits per heavy atom. The maximum Gasteiger partial charge on any atom is 0.181 e. The first-order chi connectivity index (χ1) is 10.1. The van der Waals surface area contributed by atoms with Gasteiger partial charge in [-0.05, 0) is 30.5 Å². The summed E-state index contributed by atoms with van der Waals surface area (Å²) in [5.41, 5.74) is 7.06. The van der Waals surface area contributed by atoms with Crippen LogP contribution in [0.25, 0.3) is 11.4 Å². The van der Waals surface area contributed by atoms with E-state index >= 15 is 0 Å². The Kier molecular flexibility index (Phi) is 3.55. The molecule has 21 heavy (non-hydrogen) atoms. The van der Waals surface area contributed by atoms with Gasteiger partial charge in [0, 0.05) is 12.1 Å². The number of benzene rings is 1. The number of rotatable bonds is 3. The number of aromatic nitrogens is 3. The lowest BCUT2D eigenvalue weighted by Gasteiger charge is -2.23. The van der Waals surface area contributed by atoms with Gasteiger partial charge in [0.25, 0.3) is 0 Å². The summed E-state index contributed by atoms with van der Waals surface area (Å²) in [4.78, 5) is 4.60. The molecule has 112 valence electrons. The summed E-state index contributed by atoms with van der Waals surface area (Å²) < 4.78 is 12.5. The van der Waals surface area contributed by atoms with Gasteiger partial charge in [-0.2, -0.15) is 5.10 Å². The quantitative estimate of drug-likeness (QED) is 0.935. The summed E-state index contributed by atoms with van der Waals surface area (Å²) in [6.45, 7) is 3.05. The van der Waals surface area contributed by atoms with Crippen molar-refractivity contribution in [3.63, 3.8) is 0 Å². The molecule has 2 heterocycles. The highest BCUT2D eigenvalue weighted by Gasteiger charge is 2.25. The van der Waals surface area contributed by atoms with Crippen molar-refractivity contribution in [2.45, 2.75) is 25.9 Å². The minimum Gasteiger partial charge on any atom is -0.493 e. The van der Waals surface area contributed by atoms with Crippen LogP contribution in [-0.2, 0) is 6.54 Å². The number of methoxy groups -OCH3 is 2.